The molecular weight excluding hydrogens is 246 g/mol. The quantitative estimate of drug-likeness (QED) is 0.674. The smallest absolute Gasteiger partial charge is 0.274 e. The molecule has 2 rings (SSSR count). The van der Waals surface area contributed by atoms with Crippen LogP contribution in [-0.2, 0) is 0 Å². The average molecular weight is 261 g/mol. The Morgan fingerprint density at radius 3 is 2.74 bits per heavy atom. The van der Waals surface area contributed by atoms with E-state index in [1.807, 2.05) is 26.8 Å². The molecule has 6 nitrogen and oxygen atoms in total. The SMILES string of the molecule is Cc1cc(C(C)Nc2cc([N+](=O)[O-])ccn2)c(C)o1. The molecule has 0 aromatic carbocycles. The molecule has 0 aliphatic heterocycles. The third kappa shape index (κ3) is 2.90. The summed E-state index contributed by atoms with van der Waals surface area (Å²) in [6.45, 7) is 5.73. The van der Waals surface area contributed by atoms with Gasteiger partial charge in [0.05, 0.1) is 17.0 Å². The first-order chi connectivity index (χ1) is 8.97. The summed E-state index contributed by atoms with van der Waals surface area (Å²) < 4.78 is 5.47. The van der Waals surface area contributed by atoms with Gasteiger partial charge in [0.2, 0.25) is 0 Å². The van der Waals surface area contributed by atoms with Gasteiger partial charge in [-0.15, -0.1) is 0 Å². The van der Waals surface area contributed by atoms with Crippen LogP contribution in [0.15, 0.2) is 28.8 Å². The molecule has 6 heteroatoms. The molecule has 2 heterocycles. The van der Waals surface area contributed by atoms with E-state index < -0.39 is 4.92 Å². The molecule has 0 saturated heterocycles. The average Bonchev–Trinajstić information content (AvgIpc) is 2.69. The lowest BCUT2D eigenvalue weighted by Gasteiger charge is -2.13. The number of aromatic nitrogens is 1. The second-order valence-electron chi connectivity index (χ2n) is 4.39. The molecular formula is C13H15N3O3. The van der Waals surface area contributed by atoms with E-state index in [1.54, 1.807) is 0 Å². The van der Waals surface area contributed by atoms with Crippen LogP contribution >= 0.6 is 0 Å². The summed E-state index contributed by atoms with van der Waals surface area (Å²) in [5.74, 6) is 2.15. The number of aryl methyl sites for hydroxylation is 2. The van der Waals surface area contributed by atoms with Crippen molar-refractivity contribution in [2.45, 2.75) is 26.8 Å². The first-order valence-corrected chi connectivity index (χ1v) is 5.91. The summed E-state index contributed by atoms with van der Waals surface area (Å²) in [6, 6.07) is 4.69. The highest BCUT2D eigenvalue weighted by molar-refractivity contribution is 5.46. The second kappa shape index (κ2) is 5.09. The topological polar surface area (TPSA) is 81.2 Å². The molecule has 19 heavy (non-hydrogen) atoms. The van der Waals surface area contributed by atoms with Gasteiger partial charge in [0, 0.05) is 17.8 Å². The van der Waals surface area contributed by atoms with Gasteiger partial charge in [-0.1, -0.05) is 0 Å². The number of anilines is 1. The molecule has 2 aromatic rings. The van der Waals surface area contributed by atoms with E-state index in [2.05, 4.69) is 10.3 Å². The van der Waals surface area contributed by atoms with Gasteiger partial charge in [0.1, 0.15) is 17.3 Å². The number of nitro groups is 1. The van der Waals surface area contributed by atoms with Crippen LogP contribution in [-0.4, -0.2) is 9.91 Å². The molecule has 0 saturated carbocycles. The van der Waals surface area contributed by atoms with Gasteiger partial charge in [0.25, 0.3) is 5.69 Å². The van der Waals surface area contributed by atoms with Gasteiger partial charge in [-0.05, 0) is 26.8 Å². The number of nitrogens with one attached hydrogen (secondary N) is 1. The van der Waals surface area contributed by atoms with E-state index in [-0.39, 0.29) is 11.7 Å². The molecule has 1 N–H and O–H groups in total. The highest BCUT2D eigenvalue weighted by atomic mass is 16.6. The third-order valence-electron chi connectivity index (χ3n) is 2.86. The summed E-state index contributed by atoms with van der Waals surface area (Å²) in [5, 5.41) is 13.8. The first kappa shape index (κ1) is 13.1. The van der Waals surface area contributed by atoms with Gasteiger partial charge in [0.15, 0.2) is 0 Å². The molecule has 0 amide bonds. The zero-order valence-corrected chi connectivity index (χ0v) is 11.0. The number of nitrogens with zero attached hydrogens (tertiary/aromatic N) is 2. The normalized spacial score (nSPS) is 12.2. The van der Waals surface area contributed by atoms with Crippen molar-refractivity contribution in [3.8, 4) is 0 Å². The summed E-state index contributed by atoms with van der Waals surface area (Å²) >= 11 is 0. The first-order valence-electron chi connectivity index (χ1n) is 5.91. The summed E-state index contributed by atoms with van der Waals surface area (Å²) in [6.07, 6.45) is 1.42. The molecule has 0 spiro atoms. The van der Waals surface area contributed by atoms with E-state index >= 15 is 0 Å². The van der Waals surface area contributed by atoms with E-state index in [4.69, 9.17) is 4.42 Å². The molecule has 0 radical (unpaired) electrons. The summed E-state index contributed by atoms with van der Waals surface area (Å²) in [7, 11) is 0. The van der Waals surface area contributed by atoms with E-state index in [1.165, 1.54) is 18.3 Å². The number of furan rings is 1. The van der Waals surface area contributed by atoms with Crippen molar-refractivity contribution in [1.82, 2.24) is 4.98 Å². The van der Waals surface area contributed by atoms with Crippen LogP contribution < -0.4 is 5.32 Å². The summed E-state index contributed by atoms with van der Waals surface area (Å²) in [4.78, 5) is 14.3. The van der Waals surface area contributed by atoms with E-state index in [9.17, 15) is 10.1 Å². The van der Waals surface area contributed by atoms with Crippen LogP contribution in [0.4, 0.5) is 11.5 Å². The Labute approximate surface area is 110 Å². The third-order valence-corrected chi connectivity index (χ3v) is 2.86. The van der Waals surface area contributed by atoms with Crippen molar-refractivity contribution in [3.63, 3.8) is 0 Å². The summed E-state index contributed by atoms with van der Waals surface area (Å²) in [5.41, 5.74) is 1.04. The molecule has 1 unspecified atom stereocenters. The molecule has 0 aliphatic rings. The van der Waals surface area contributed by atoms with E-state index in [0.717, 1.165) is 17.1 Å². The molecule has 100 valence electrons. The standard InChI is InChI=1S/C13H15N3O3/c1-8-6-12(10(3)19-8)9(2)15-13-7-11(16(17)18)4-5-14-13/h4-7,9H,1-3H3,(H,14,15). The minimum Gasteiger partial charge on any atom is -0.466 e. The predicted octanol–water partition coefficient (Wildman–Crippen LogP) is 3.37. The fourth-order valence-electron chi connectivity index (χ4n) is 1.99. The largest absolute Gasteiger partial charge is 0.466 e. The van der Waals surface area contributed by atoms with Crippen LogP contribution in [0, 0.1) is 24.0 Å². The predicted molar refractivity (Wildman–Crippen MR) is 71.1 cm³/mol. The van der Waals surface area contributed by atoms with Gasteiger partial charge < -0.3 is 9.73 Å². The van der Waals surface area contributed by atoms with Gasteiger partial charge in [-0.2, -0.15) is 0 Å². The Morgan fingerprint density at radius 2 is 2.16 bits per heavy atom. The zero-order chi connectivity index (χ0) is 14.0. The molecule has 0 aliphatic carbocycles. The molecule has 1 atom stereocenters. The second-order valence-corrected chi connectivity index (χ2v) is 4.39. The maximum Gasteiger partial charge on any atom is 0.274 e. The van der Waals surface area contributed by atoms with Gasteiger partial charge >= 0.3 is 0 Å². The molecule has 0 fully saturated rings. The van der Waals surface area contributed by atoms with Crippen molar-refractivity contribution in [1.29, 1.82) is 0 Å². The van der Waals surface area contributed by atoms with Crippen LogP contribution in [0.1, 0.15) is 30.0 Å². The molecule has 0 bridgehead atoms. The number of hydrogen-bond donors (Lipinski definition) is 1. The van der Waals surface area contributed by atoms with Crippen molar-refractivity contribution < 1.29 is 9.34 Å². The van der Waals surface area contributed by atoms with Gasteiger partial charge in [-0.3, -0.25) is 10.1 Å². The lowest BCUT2D eigenvalue weighted by molar-refractivity contribution is -0.384. The maximum absolute atomic E-state index is 10.7. The Bertz CT molecular complexity index is 607. The van der Waals surface area contributed by atoms with Crippen molar-refractivity contribution in [2.24, 2.45) is 0 Å². The highest BCUT2D eigenvalue weighted by Gasteiger charge is 2.14. The molecule has 2 aromatic heterocycles. The fraction of sp³-hybridized carbons (Fsp3) is 0.308. The highest BCUT2D eigenvalue weighted by Crippen LogP contribution is 2.25. The zero-order valence-electron chi connectivity index (χ0n) is 11.0. The number of pyridine rings is 1. The number of rotatable bonds is 4. The fourth-order valence-corrected chi connectivity index (χ4v) is 1.99. The monoisotopic (exact) mass is 261 g/mol. The van der Waals surface area contributed by atoms with E-state index in [0.29, 0.717) is 5.82 Å². The van der Waals surface area contributed by atoms with Crippen molar-refractivity contribution in [3.05, 3.63) is 51.6 Å². The van der Waals surface area contributed by atoms with Crippen LogP contribution in [0.25, 0.3) is 0 Å². The number of hydrogen-bond acceptors (Lipinski definition) is 5. The van der Waals surface area contributed by atoms with Crippen LogP contribution in [0.2, 0.25) is 0 Å². The Morgan fingerprint density at radius 1 is 1.42 bits per heavy atom. The lowest BCUT2D eigenvalue weighted by Crippen LogP contribution is -2.08. The van der Waals surface area contributed by atoms with Crippen molar-refractivity contribution >= 4 is 11.5 Å². The maximum atomic E-state index is 10.7. The minimum absolute atomic E-state index is 0.0183. The Hall–Kier alpha value is -2.37. The lowest BCUT2D eigenvalue weighted by atomic mass is 10.1. The Kier molecular flexibility index (Phi) is 3.50. The Balaban J connectivity index is 2.19. The van der Waals surface area contributed by atoms with Crippen LogP contribution in [0.3, 0.4) is 0 Å². The minimum atomic E-state index is -0.440. The van der Waals surface area contributed by atoms with Gasteiger partial charge in [-0.25, -0.2) is 4.98 Å². The van der Waals surface area contributed by atoms with Crippen molar-refractivity contribution in [2.75, 3.05) is 5.32 Å². The van der Waals surface area contributed by atoms with Crippen LogP contribution in [0.5, 0.6) is 0 Å².